The highest BCUT2D eigenvalue weighted by atomic mass is 32.3. The summed E-state index contributed by atoms with van der Waals surface area (Å²) in [6.45, 7) is 2.55. The molecular weight excluding hydrogens is 336 g/mol. The van der Waals surface area contributed by atoms with Crippen LogP contribution in [0.3, 0.4) is 0 Å². The molecule has 1 aliphatic carbocycles. The smallest absolute Gasteiger partial charge is 0.361 e. The van der Waals surface area contributed by atoms with Crippen molar-refractivity contribution in [1.29, 1.82) is 0 Å². The maximum absolute atomic E-state index is 11.1. The summed E-state index contributed by atoms with van der Waals surface area (Å²) < 4.78 is 36.8. The van der Waals surface area contributed by atoms with Crippen molar-refractivity contribution in [3.63, 3.8) is 0 Å². The zero-order chi connectivity index (χ0) is 16.4. The quantitative estimate of drug-likeness (QED) is 0.855. The number of aliphatic imine (C=N–C) groups is 1. The van der Waals surface area contributed by atoms with Crippen molar-refractivity contribution in [3.05, 3.63) is 47.2 Å². The van der Waals surface area contributed by atoms with E-state index in [0.717, 1.165) is 15.9 Å². The van der Waals surface area contributed by atoms with Crippen molar-refractivity contribution < 1.29 is 17.2 Å². The van der Waals surface area contributed by atoms with E-state index in [1.807, 2.05) is 31.2 Å². The molecule has 0 aliphatic heterocycles. The van der Waals surface area contributed by atoms with E-state index in [0.29, 0.717) is 23.5 Å². The molecule has 0 amide bonds. The van der Waals surface area contributed by atoms with Crippen molar-refractivity contribution in [3.8, 4) is 0 Å². The van der Waals surface area contributed by atoms with Crippen LogP contribution in [0.2, 0.25) is 0 Å². The first-order valence-corrected chi connectivity index (χ1v) is 9.12. The van der Waals surface area contributed by atoms with Gasteiger partial charge in [-0.25, -0.2) is 4.98 Å². The van der Waals surface area contributed by atoms with Crippen LogP contribution in [-0.4, -0.2) is 30.2 Å². The van der Waals surface area contributed by atoms with E-state index in [1.165, 1.54) is 17.4 Å². The van der Waals surface area contributed by atoms with E-state index in [-0.39, 0.29) is 5.76 Å². The number of para-hydroxylation sites is 1. The third kappa shape index (κ3) is 3.66. The number of allylic oxidation sites excluding steroid dienone is 3. The Hall–Kier alpha value is -2.03. The van der Waals surface area contributed by atoms with E-state index >= 15 is 0 Å². The van der Waals surface area contributed by atoms with Crippen molar-refractivity contribution in [2.45, 2.75) is 13.3 Å². The summed E-state index contributed by atoms with van der Waals surface area (Å²) in [5.41, 5.74) is 2.23. The molecule has 1 aromatic heterocycles. The number of nitrogens with zero attached hydrogens (tertiary/aromatic N) is 2. The number of hydrogen-bond acceptors (Lipinski definition) is 6. The molecule has 23 heavy (non-hydrogen) atoms. The van der Waals surface area contributed by atoms with Gasteiger partial charge in [-0.2, -0.15) is 8.42 Å². The molecule has 1 N–H and O–H groups in total. The van der Waals surface area contributed by atoms with E-state index in [9.17, 15) is 8.42 Å². The summed E-state index contributed by atoms with van der Waals surface area (Å²) in [5, 5.41) is 0.651. The summed E-state index contributed by atoms with van der Waals surface area (Å²) in [5.74, 6) is 0.0709. The predicted molar refractivity (Wildman–Crippen MR) is 90.9 cm³/mol. The van der Waals surface area contributed by atoms with Gasteiger partial charge in [0.15, 0.2) is 5.76 Å². The molecule has 1 aromatic carbocycles. The third-order valence-electron chi connectivity index (χ3n) is 3.19. The van der Waals surface area contributed by atoms with Gasteiger partial charge in [-0.05, 0) is 31.2 Å². The Morgan fingerprint density at radius 1 is 1.35 bits per heavy atom. The van der Waals surface area contributed by atoms with Crippen LogP contribution in [0.4, 0.5) is 0 Å². The van der Waals surface area contributed by atoms with Crippen LogP contribution in [-0.2, 0) is 14.6 Å². The van der Waals surface area contributed by atoms with Gasteiger partial charge < -0.3 is 4.18 Å². The molecule has 0 radical (unpaired) electrons. The molecule has 3 rings (SSSR count). The molecule has 2 aromatic rings. The first-order valence-electron chi connectivity index (χ1n) is 6.93. The zero-order valence-corrected chi connectivity index (χ0v) is 13.9. The van der Waals surface area contributed by atoms with Crippen molar-refractivity contribution in [1.82, 2.24) is 4.98 Å². The standard InChI is InChI=1S/C15H14N2O4S2/c1-2-16-10-7-8-13(21-23(18,19)20)11(9-10)15-17-12-5-3-4-6-14(12)22-15/h3-8H,2,9H2,1H3,(H,18,19,20). The average Bonchev–Trinajstić information content (AvgIpc) is 2.91. The normalized spacial score (nSPS) is 17.2. The van der Waals surface area contributed by atoms with Gasteiger partial charge in [0.05, 0.1) is 10.2 Å². The van der Waals surface area contributed by atoms with Gasteiger partial charge in [-0.1, -0.05) is 12.1 Å². The number of fused-ring (bicyclic) bond motifs is 1. The highest BCUT2D eigenvalue weighted by molar-refractivity contribution is 7.81. The van der Waals surface area contributed by atoms with Gasteiger partial charge in [0, 0.05) is 24.3 Å². The van der Waals surface area contributed by atoms with Crippen LogP contribution in [0.25, 0.3) is 15.8 Å². The maximum atomic E-state index is 11.1. The number of thiazole rings is 1. The van der Waals surface area contributed by atoms with Gasteiger partial charge in [0.1, 0.15) is 5.01 Å². The van der Waals surface area contributed by atoms with Crippen molar-refractivity contribution in [2.75, 3.05) is 6.54 Å². The van der Waals surface area contributed by atoms with E-state index in [2.05, 4.69) is 9.98 Å². The van der Waals surface area contributed by atoms with Crippen LogP contribution in [0.15, 0.2) is 47.2 Å². The minimum Gasteiger partial charge on any atom is -0.361 e. The largest absolute Gasteiger partial charge is 0.446 e. The van der Waals surface area contributed by atoms with Crippen LogP contribution < -0.4 is 0 Å². The fourth-order valence-electron chi connectivity index (χ4n) is 2.29. The molecule has 8 heteroatoms. The lowest BCUT2D eigenvalue weighted by Gasteiger charge is -2.14. The Labute approximate surface area is 137 Å². The first-order chi connectivity index (χ1) is 11.0. The topological polar surface area (TPSA) is 88.8 Å². The van der Waals surface area contributed by atoms with Gasteiger partial charge in [-0.3, -0.25) is 9.55 Å². The molecule has 6 nitrogen and oxygen atoms in total. The molecule has 0 fully saturated rings. The molecule has 0 bridgehead atoms. The summed E-state index contributed by atoms with van der Waals surface area (Å²) in [6, 6.07) is 7.64. The fraction of sp³-hybridized carbons (Fsp3) is 0.200. The Kier molecular flexibility index (Phi) is 4.29. The van der Waals surface area contributed by atoms with Crippen LogP contribution in [0.5, 0.6) is 0 Å². The molecule has 120 valence electrons. The summed E-state index contributed by atoms with van der Waals surface area (Å²) in [6.07, 6.45) is 3.57. The van der Waals surface area contributed by atoms with Crippen LogP contribution in [0, 0.1) is 0 Å². The third-order valence-corrected chi connectivity index (χ3v) is 4.68. The zero-order valence-electron chi connectivity index (χ0n) is 12.3. The monoisotopic (exact) mass is 350 g/mol. The second-order valence-corrected chi connectivity index (χ2v) is 6.87. The lowest BCUT2D eigenvalue weighted by molar-refractivity contribution is 0.341. The molecule has 0 saturated heterocycles. The van der Waals surface area contributed by atoms with Gasteiger partial charge in [0.25, 0.3) is 0 Å². The number of rotatable bonds is 4. The lowest BCUT2D eigenvalue weighted by atomic mass is 10.0. The molecule has 0 unspecified atom stereocenters. The number of hydrogen-bond donors (Lipinski definition) is 1. The molecule has 1 aliphatic rings. The Morgan fingerprint density at radius 2 is 2.13 bits per heavy atom. The van der Waals surface area contributed by atoms with Crippen LogP contribution >= 0.6 is 11.3 Å². The predicted octanol–water partition coefficient (Wildman–Crippen LogP) is 3.25. The van der Waals surface area contributed by atoms with E-state index in [1.54, 1.807) is 6.08 Å². The summed E-state index contributed by atoms with van der Waals surface area (Å²) >= 11 is 1.44. The highest BCUT2D eigenvalue weighted by Crippen LogP contribution is 2.34. The van der Waals surface area contributed by atoms with E-state index in [4.69, 9.17) is 8.74 Å². The van der Waals surface area contributed by atoms with Gasteiger partial charge in [-0.15, -0.1) is 11.3 Å². The van der Waals surface area contributed by atoms with Crippen LogP contribution in [0.1, 0.15) is 18.4 Å². The molecule has 1 heterocycles. The second-order valence-electron chi connectivity index (χ2n) is 4.82. The minimum atomic E-state index is -4.60. The first kappa shape index (κ1) is 15.9. The lowest BCUT2D eigenvalue weighted by Crippen LogP contribution is -2.10. The molecular formula is C15H14N2O4S2. The highest BCUT2D eigenvalue weighted by Gasteiger charge is 2.22. The Balaban J connectivity index is 2.11. The van der Waals surface area contributed by atoms with E-state index < -0.39 is 10.4 Å². The minimum absolute atomic E-state index is 0.0709. The summed E-state index contributed by atoms with van der Waals surface area (Å²) in [4.78, 5) is 8.88. The molecule has 0 atom stereocenters. The van der Waals surface area contributed by atoms with Gasteiger partial charge in [0.2, 0.25) is 0 Å². The Bertz CT molecular complexity index is 906. The molecule has 0 spiro atoms. The number of aromatic nitrogens is 1. The Morgan fingerprint density at radius 3 is 2.83 bits per heavy atom. The summed E-state index contributed by atoms with van der Waals surface area (Å²) in [7, 11) is -4.60. The fourth-order valence-corrected chi connectivity index (χ4v) is 3.68. The average molecular weight is 350 g/mol. The van der Waals surface area contributed by atoms with Crippen molar-refractivity contribution in [2.24, 2.45) is 4.99 Å². The SMILES string of the molecule is CCN=C1C=CC(OS(=O)(=O)O)=C(c2nc3ccccc3s2)C1. The number of benzene rings is 1. The van der Waals surface area contributed by atoms with Gasteiger partial charge >= 0.3 is 10.4 Å². The second kappa shape index (κ2) is 6.23. The maximum Gasteiger partial charge on any atom is 0.446 e. The van der Waals surface area contributed by atoms with Crippen molar-refractivity contribution >= 4 is 43.2 Å². The molecule has 0 saturated carbocycles.